The Bertz CT molecular complexity index is 346. The third-order valence-electron chi connectivity index (χ3n) is 3.73. The van der Waals surface area contributed by atoms with Crippen molar-refractivity contribution in [1.29, 1.82) is 0 Å². The molecule has 2 rings (SSSR count). The Balaban J connectivity index is 2.05. The summed E-state index contributed by atoms with van der Waals surface area (Å²) in [4.78, 5) is 4.75. The maximum atomic E-state index is 5.48. The van der Waals surface area contributed by atoms with Crippen LogP contribution in [0.1, 0.15) is 51.9 Å². The van der Waals surface area contributed by atoms with Crippen molar-refractivity contribution in [1.82, 2.24) is 0 Å². The molecule has 17 heavy (non-hydrogen) atoms. The lowest BCUT2D eigenvalue weighted by Crippen LogP contribution is -2.11. The Morgan fingerprint density at radius 3 is 2.76 bits per heavy atom. The molecule has 0 radical (unpaired) electrons. The first-order valence-corrected chi connectivity index (χ1v) is 6.78. The van der Waals surface area contributed by atoms with Gasteiger partial charge < -0.3 is 4.74 Å². The van der Waals surface area contributed by atoms with Gasteiger partial charge in [0.25, 0.3) is 0 Å². The second kappa shape index (κ2) is 6.04. The number of nitrogens with zero attached hydrogens (tertiary/aromatic N) is 1. The summed E-state index contributed by atoms with van der Waals surface area (Å²) < 4.78 is 5.48. The van der Waals surface area contributed by atoms with Crippen molar-refractivity contribution in [3.05, 3.63) is 23.0 Å². The summed E-state index contributed by atoms with van der Waals surface area (Å²) in [6.07, 6.45) is 13.1. The zero-order chi connectivity index (χ0) is 12.1. The van der Waals surface area contributed by atoms with Gasteiger partial charge in [0.2, 0.25) is 0 Å². The topological polar surface area (TPSA) is 21.6 Å². The SMILES string of the molecule is COC1=C(C=NC2CCCCC2)CCC=C1C. The average Bonchev–Trinajstić information content (AvgIpc) is 2.37. The van der Waals surface area contributed by atoms with Gasteiger partial charge in [0.15, 0.2) is 0 Å². The van der Waals surface area contributed by atoms with Crippen LogP contribution in [0.2, 0.25) is 0 Å². The summed E-state index contributed by atoms with van der Waals surface area (Å²) in [7, 11) is 1.76. The first kappa shape index (κ1) is 12.4. The molecule has 0 aliphatic heterocycles. The molecule has 1 saturated carbocycles. The highest BCUT2D eigenvalue weighted by Crippen LogP contribution is 2.25. The number of aliphatic imine (C=N–C) groups is 1. The molecule has 1 fully saturated rings. The van der Waals surface area contributed by atoms with Crippen molar-refractivity contribution >= 4 is 6.21 Å². The predicted molar refractivity (Wildman–Crippen MR) is 72.4 cm³/mol. The van der Waals surface area contributed by atoms with Crippen molar-refractivity contribution < 1.29 is 4.74 Å². The van der Waals surface area contributed by atoms with Gasteiger partial charge in [-0.3, -0.25) is 4.99 Å². The van der Waals surface area contributed by atoms with E-state index in [1.54, 1.807) is 7.11 Å². The molecule has 2 nitrogen and oxygen atoms in total. The van der Waals surface area contributed by atoms with Crippen LogP contribution in [0.4, 0.5) is 0 Å². The standard InChI is InChI=1S/C15H23NO/c1-12-7-6-8-13(15(12)17-2)11-16-14-9-4-3-5-10-14/h7,11,14H,3-6,8-10H2,1-2H3. The van der Waals surface area contributed by atoms with E-state index in [1.165, 1.54) is 43.3 Å². The van der Waals surface area contributed by atoms with Crippen LogP contribution in [0.25, 0.3) is 0 Å². The molecule has 0 aromatic carbocycles. The van der Waals surface area contributed by atoms with E-state index in [9.17, 15) is 0 Å². The molecular formula is C15H23NO. The Morgan fingerprint density at radius 1 is 1.29 bits per heavy atom. The Labute approximate surface area is 104 Å². The molecule has 0 saturated heterocycles. The fraction of sp³-hybridized carbons (Fsp3) is 0.667. The molecule has 2 aliphatic rings. The van der Waals surface area contributed by atoms with Crippen molar-refractivity contribution in [2.75, 3.05) is 7.11 Å². The van der Waals surface area contributed by atoms with Gasteiger partial charge in [0.05, 0.1) is 7.11 Å². The van der Waals surface area contributed by atoms with Crippen LogP contribution in [-0.4, -0.2) is 19.4 Å². The Kier molecular flexibility index (Phi) is 4.41. The lowest BCUT2D eigenvalue weighted by molar-refractivity contribution is 0.295. The van der Waals surface area contributed by atoms with Crippen molar-refractivity contribution in [2.45, 2.75) is 57.9 Å². The lowest BCUT2D eigenvalue weighted by atomic mass is 9.95. The number of rotatable bonds is 3. The summed E-state index contributed by atoms with van der Waals surface area (Å²) in [6.45, 7) is 2.12. The van der Waals surface area contributed by atoms with Gasteiger partial charge in [-0.2, -0.15) is 0 Å². The first-order valence-electron chi connectivity index (χ1n) is 6.78. The van der Waals surface area contributed by atoms with Gasteiger partial charge in [0.1, 0.15) is 5.76 Å². The van der Waals surface area contributed by atoms with Gasteiger partial charge in [0, 0.05) is 17.8 Å². The average molecular weight is 233 g/mol. The number of methoxy groups -OCH3 is 1. The maximum absolute atomic E-state index is 5.48. The zero-order valence-electron chi connectivity index (χ0n) is 11.0. The van der Waals surface area contributed by atoms with Gasteiger partial charge in [-0.05, 0) is 38.2 Å². The highest BCUT2D eigenvalue weighted by atomic mass is 16.5. The summed E-state index contributed by atoms with van der Waals surface area (Å²) >= 11 is 0. The van der Waals surface area contributed by atoms with Crippen LogP contribution in [0, 0.1) is 0 Å². The van der Waals surface area contributed by atoms with Crippen LogP contribution in [0.3, 0.4) is 0 Å². The number of allylic oxidation sites excluding steroid dienone is 3. The smallest absolute Gasteiger partial charge is 0.126 e. The molecule has 0 atom stereocenters. The minimum Gasteiger partial charge on any atom is -0.496 e. The second-order valence-corrected chi connectivity index (χ2v) is 5.05. The van der Waals surface area contributed by atoms with Gasteiger partial charge in [-0.25, -0.2) is 0 Å². The molecule has 0 N–H and O–H groups in total. The normalized spacial score (nSPS) is 23.1. The van der Waals surface area contributed by atoms with Crippen LogP contribution in [0.15, 0.2) is 28.0 Å². The summed E-state index contributed by atoms with van der Waals surface area (Å²) in [5, 5.41) is 0. The minimum absolute atomic E-state index is 0.556. The number of ether oxygens (including phenoxy) is 1. The monoisotopic (exact) mass is 233 g/mol. The van der Waals surface area contributed by atoms with Crippen molar-refractivity contribution in [2.24, 2.45) is 4.99 Å². The quantitative estimate of drug-likeness (QED) is 0.674. The van der Waals surface area contributed by atoms with E-state index in [1.807, 2.05) is 0 Å². The minimum atomic E-state index is 0.556. The molecule has 2 aliphatic carbocycles. The van der Waals surface area contributed by atoms with Gasteiger partial charge in [-0.15, -0.1) is 0 Å². The molecule has 0 heterocycles. The molecule has 0 amide bonds. The second-order valence-electron chi connectivity index (χ2n) is 5.05. The molecule has 0 aromatic heterocycles. The van der Waals surface area contributed by atoms with Crippen molar-refractivity contribution in [3.63, 3.8) is 0 Å². The molecule has 94 valence electrons. The summed E-state index contributed by atoms with van der Waals surface area (Å²) in [6, 6.07) is 0.556. The third-order valence-corrected chi connectivity index (χ3v) is 3.73. The van der Waals surface area contributed by atoms with E-state index < -0.39 is 0 Å². The summed E-state index contributed by atoms with van der Waals surface area (Å²) in [5.74, 6) is 1.04. The van der Waals surface area contributed by atoms with Crippen LogP contribution in [0.5, 0.6) is 0 Å². The van der Waals surface area contributed by atoms with Gasteiger partial charge >= 0.3 is 0 Å². The largest absolute Gasteiger partial charge is 0.496 e. The van der Waals surface area contributed by atoms with Crippen LogP contribution in [-0.2, 0) is 4.74 Å². The molecule has 0 unspecified atom stereocenters. The highest BCUT2D eigenvalue weighted by Gasteiger charge is 2.14. The van der Waals surface area contributed by atoms with Crippen LogP contribution >= 0.6 is 0 Å². The lowest BCUT2D eigenvalue weighted by Gasteiger charge is -2.19. The first-order chi connectivity index (χ1) is 8.31. The molecule has 0 aromatic rings. The van der Waals surface area contributed by atoms with E-state index in [0.717, 1.165) is 18.6 Å². The van der Waals surface area contributed by atoms with E-state index in [4.69, 9.17) is 9.73 Å². The molecule has 0 spiro atoms. The number of hydrogen-bond acceptors (Lipinski definition) is 2. The van der Waals surface area contributed by atoms with Gasteiger partial charge in [-0.1, -0.05) is 25.3 Å². The summed E-state index contributed by atoms with van der Waals surface area (Å²) in [5.41, 5.74) is 2.53. The number of hydrogen-bond donors (Lipinski definition) is 0. The highest BCUT2D eigenvalue weighted by molar-refractivity contribution is 5.81. The Morgan fingerprint density at radius 2 is 2.06 bits per heavy atom. The van der Waals surface area contributed by atoms with E-state index in [-0.39, 0.29) is 0 Å². The molecular weight excluding hydrogens is 210 g/mol. The molecule has 2 heteroatoms. The predicted octanol–water partition coefficient (Wildman–Crippen LogP) is 4.03. The van der Waals surface area contributed by atoms with E-state index in [2.05, 4.69) is 19.2 Å². The van der Waals surface area contributed by atoms with Crippen LogP contribution < -0.4 is 0 Å². The van der Waals surface area contributed by atoms with E-state index in [0.29, 0.717) is 6.04 Å². The molecule has 0 bridgehead atoms. The van der Waals surface area contributed by atoms with Crippen molar-refractivity contribution in [3.8, 4) is 0 Å². The third kappa shape index (κ3) is 3.21. The fourth-order valence-corrected chi connectivity index (χ4v) is 2.74. The maximum Gasteiger partial charge on any atom is 0.126 e. The fourth-order valence-electron chi connectivity index (χ4n) is 2.74. The zero-order valence-corrected chi connectivity index (χ0v) is 11.0. The van der Waals surface area contributed by atoms with E-state index >= 15 is 0 Å². The Hall–Kier alpha value is -1.05.